The Kier molecular flexibility index (Phi) is 8.92. The Labute approximate surface area is 384 Å². The number of pyridine rings is 1. The van der Waals surface area contributed by atoms with Crippen molar-refractivity contribution in [3.63, 3.8) is 0 Å². The molecule has 6 nitrogen and oxygen atoms in total. The van der Waals surface area contributed by atoms with Gasteiger partial charge in [-0.05, 0) is 127 Å². The maximum Gasteiger partial charge on any atom is 0.145 e. The van der Waals surface area contributed by atoms with E-state index in [0.29, 0.717) is 0 Å². The van der Waals surface area contributed by atoms with Crippen molar-refractivity contribution in [1.29, 1.82) is 0 Å². The molecule has 13 aromatic rings. The number of benzene rings is 9. The van der Waals surface area contributed by atoms with Gasteiger partial charge in [-0.3, -0.25) is 9.13 Å². The summed E-state index contributed by atoms with van der Waals surface area (Å²) >= 11 is 1.76. The zero-order valence-corrected chi connectivity index (χ0v) is 36.3. The van der Waals surface area contributed by atoms with Crippen LogP contribution in [0.5, 0.6) is 0 Å². The molecule has 4 aromatic heterocycles. The smallest absolute Gasteiger partial charge is 0.145 e. The molecule has 0 saturated heterocycles. The SMILES string of the molecule is c1ccc(-n2c(-c3ccc(N(c4ccc(-c5c6ccccc6nc6sc7ccccc7c56)cc4)c4ccc(-c5nc6ccccc6n5-c5ccccc5)cc4)cc3)nc3ccccc32)cc1. The number of hydrogen-bond acceptors (Lipinski definition) is 5. The summed E-state index contributed by atoms with van der Waals surface area (Å²) in [6, 6.07) is 81.4. The number of para-hydroxylation sites is 7. The Bertz CT molecular complexity index is 3750. The van der Waals surface area contributed by atoms with Crippen molar-refractivity contribution in [1.82, 2.24) is 24.1 Å². The third-order valence-corrected chi connectivity index (χ3v) is 13.6. The summed E-state index contributed by atoms with van der Waals surface area (Å²) in [7, 11) is 0. The van der Waals surface area contributed by atoms with Crippen LogP contribution in [0.2, 0.25) is 0 Å². The quantitative estimate of drug-likeness (QED) is 0.153. The predicted molar refractivity (Wildman–Crippen MR) is 275 cm³/mol. The molecule has 0 radical (unpaired) electrons. The van der Waals surface area contributed by atoms with Crippen LogP contribution in [-0.2, 0) is 0 Å². The first-order valence-electron chi connectivity index (χ1n) is 22.1. The second-order valence-electron chi connectivity index (χ2n) is 16.4. The average molecular weight is 863 g/mol. The lowest BCUT2D eigenvalue weighted by atomic mass is 9.96. The first-order valence-corrected chi connectivity index (χ1v) is 22.9. The van der Waals surface area contributed by atoms with Crippen LogP contribution in [0.15, 0.2) is 231 Å². The maximum absolute atomic E-state index is 5.17. The number of imidazole rings is 2. The second kappa shape index (κ2) is 15.6. The fourth-order valence-corrected chi connectivity index (χ4v) is 10.6. The van der Waals surface area contributed by atoms with Gasteiger partial charge >= 0.3 is 0 Å². The topological polar surface area (TPSA) is 51.8 Å². The Balaban J connectivity index is 0.951. The fraction of sp³-hybridized carbons (Fsp3) is 0. The molecule has 0 aliphatic rings. The lowest BCUT2D eigenvalue weighted by Crippen LogP contribution is -2.10. The maximum atomic E-state index is 5.17. The van der Waals surface area contributed by atoms with Crippen LogP contribution in [0, 0.1) is 0 Å². The van der Waals surface area contributed by atoms with E-state index < -0.39 is 0 Å². The van der Waals surface area contributed by atoms with E-state index in [4.69, 9.17) is 15.0 Å². The van der Waals surface area contributed by atoms with E-state index >= 15 is 0 Å². The lowest BCUT2D eigenvalue weighted by Gasteiger charge is -2.26. The normalized spacial score (nSPS) is 11.6. The Morgan fingerprint density at radius 3 is 1.30 bits per heavy atom. The van der Waals surface area contributed by atoms with Crippen LogP contribution < -0.4 is 4.90 Å². The number of anilines is 3. The number of nitrogens with zero attached hydrogens (tertiary/aromatic N) is 6. The Morgan fingerprint density at radius 1 is 0.348 bits per heavy atom. The van der Waals surface area contributed by atoms with Gasteiger partial charge in [-0.25, -0.2) is 15.0 Å². The van der Waals surface area contributed by atoms with Gasteiger partial charge in [0.05, 0.1) is 27.6 Å². The molecule has 0 aliphatic carbocycles. The van der Waals surface area contributed by atoms with Crippen LogP contribution in [0.3, 0.4) is 0 Å². The molecule has 0 atom stereocenters. The Hall–Kier alpha value is -8.65. The molecule has 66 heavy (non-hydrogen) atoms. The van der Waals surface area contributed by atoms with Crippen LogP contribution in [0.1, 0.15) is 0 Å². The van der Waals surface area contributed by atoms with Crippen molar-refractivity contribution in [2.45, 2.75) is 0 Å². The summed E-state index contributed by atoms with van der Waals surface area (Å²) < 4.78 is 5.74. The first-order chi connectivity index (χ1) is 32.7. The van der Waals surface area contributed by atoms with Crippen molar-refractivity contribution < 1.29 is 0 Å². The highest BCUT2D eigenvalue weighted by Gasteiger charge is 2.21. The number of thiophene rings is 1. The molecule has 0 saturated carbocycles. The number of fused-ring (bicyclic) bond motifs is 6. The van der Waals surface area contributed by atoms with E-state index in [1.165, 1.54) is 21.0 Å². The van der Waals surface area contributed by atoms with E-state index in [9.17, 15) is 0 Å². The monoisotopic (exact) mass is 862 g/mol. The van der Waals surface area contributed by atoms with Crippen molar-refractivity contribution in [2.75, 3.05) is 4.90 Å². The van der Waals surface area contributed by atoms with Gasteiger partial charge in [0.2, 0.25) is 0 Å². The van der Waals surface area contributed by atoms with E-state index in [2.05, 4.69) is 220 Å². The fourth-order valence-electron chi connectivity index (χ4n) is 9.54. The summed E-state index contributed by atoms with van der Waals surface area (Å²) in [6.07, 6.45) is 0. The van der Waals surface area contributed by atoms with Gasteiger partial charge in [0.15, 0.2) is 0 Å². The van der Waals surface area contributed by atoms with E-state index in [0.717, 1.165) is 94.6 Å². The molecule has 0 spiro atoms. The summed E-state index contributed by atoms with van der Waals surface area (Å²) in [5, 5.41) is 3.58. The third kappa shape index (κ3) is 6.28. The first kappa shape index (κ1) is 37.9. The lowest BCUT2D eigenvalue weighted by molar-refractivity contribution is 1.10. The highest BCUT2D eigenvalue weighted by Crippen LogP contribution is 2.44. The van der Waals surface area contributed by atoms with Gasteiger partial charge < -0.3 is 4.90 Å². The third-order valence-electron chi connectivity index (χ3n) is 12.6. The molecule has 0 amide bonds. The van der Waals surface area contributed by atoms with E-state index in [1.54, 1.807) is 11.3 Å². The summed E-state index contributed by atoms with van der Waals surface area (Å²) in [4.78, 5) is 18.9. The molecule has 310 valence electrons. The van der Waals surface area contributed by atoms with Crippen molar-refractivity contribution >= 4 is 81.7 Å². The van der Waals surface area contributed by atoms with Gasteiger partial charge in [-0.1, -0.05) is 109 Å². The van der Waals surface area contributed by atoms with Gasteiger partial charge in [-0.2, -0.15) is 0 Å². The summed E-state index contributed by atoms with van der Waals surface area (Å²) in [5.74, 6) is 1.79. The van der Waals surface area contributed by atoms with Crippen molar-refractivity contribution in [3.05, 3.63) is 231 Å². The summed E-state index contributed by atoms with van der Waals surface area (Å²) in [5.41, 5.74) is 14.7. The van der Waals surface area contributed by atoms with E-state index in [1.807, 2.05) is 24.3 Å². The number of hydrogen-bond donors (Lipinski definition) is 0. The molecule has 4 heterocycles. The van der Waals surface area contributed by atoms with Crippen LogP contribution in [0.4, 0.5) is 17.1 Å². The predicted octanol–water partition coefficient (Wildman–Crippen LogP) is 15.8. The molecule has 0 bridgehead atoms. The molecule has 9 aromatic carbocycles. The molecule has 0 N–H and O–H groups in total. The highest BCUT2D eigenvalue weighted by molar-refractivity contribution is 7.25. The molecule has 7 heteroatoms. The largest absolute Gasteiger partial charge is 0.311 e. The van der Waals surface area contributed by atoms with Crippen molar-refractivity contribution in [2.24, 2.45) is 0 Å². The van der Waals surface area contributed by atoms with Crippen LogP contribution in [-0.4, -0.2) is 24.1 Å². The molecule has 0 fully saturated rings. The van der Waals surface area contributed by atoms with Gasteiger partial charge in [-0.15, -0.1) is 11.3 Å². The average Bonchev–Trinajstić information content (AvgIpc) is 4.09. The molecule has 0 aliphatic heterocycles. The molecule has 13 rings (SSSR count). The zero-order chi connectivity index (χ0) is 43.6. The minimum Gasteiger partial charge on any atom is -0.311 e. The van der Waals surface area contributed by atoms with E-state index in [-0.39, 0.29) is 0 Å². The van der Waals surface area contributed by atoms with Crippen molar-refractivity contribution in [3.8, 4) is 45.3 Å². The minimum atomic E-state index is 0.896. The number of rotatable bonds is 8. The standard InChI is InChI=1S/C59H38N6S/c1-3-15-42(16-4-1)64-52-24-12-10-22-50(52)60-57(64)40-29-35-45(36-30-40)63(46-37-31-41(32-38-46)58-61-51-23-11-13-25-53(51)65(58)43-17-5-2-6-18-43)44-33-27-39(28-34-44)55-47-19-7-9-21-49(47)62-59-56(55)48-20-8-14-26-54(48)66-59/h1-38H. The second-order valence-corrected chi connectivity index (χ2v) is 17.5. The van der Waals surface area contributed by atoms with Gasteiger partial charge in [0.1, 0.15) is 16.5 Å². The highest BCUT2D eigenvalue weighted by atomic mass is 32.1. The molecular weight excluding hydrogens is 825 g/mol. The molecular formula is C59H38N6S. The van der Waals surface area contributed by atoms with Crippen LogP contribution in [0.25, 0.3) is 98.5 Å². The van der Waals surface area contributed by atoms with Gasteiger partial charge in [0.25, 0.3) is 0 Å². The number of aromatic nitrogens is 5. The Morgan fingerprint density at radius 2 is 0.773 bits per heavy atom. The zero-order valence-electron chi connectivity index (χ0n) is 35.5. The van der Waals surface area contributed by atoms with Crippen LogP contribution >= 0.6 is 11.3 Å². The summed E-state index contributed by atoms with van der Waals surface area (Å²) in [6.45, 7) is 0. The molecule has 0 unspecified atom stereocenters. The minimum absolute atomic E-state index is 0.896. The van der Waals surface area contributed by atoms with Gasteiger partial charge in [0, 0.05) is 66.0 Å².